The molecule has 19 heavy (non-hydrogen) atoms. The molecule has 0 bridgehead atoms. The second kappa shape index (κ2) is 8.04. The zero-order chi connectivity index (χ0) is 14.3. The highest BCUT2D eigenvalue weighted by atomic mass is 79.9. The van der Waals surface area contributed by atoms with Crippen LogP contribution < -0.4 is 14.8 Å². The smallest absolute Gasteiger partial charge is 0.231 e. The van der Waals surface area contributed by atoms with E-state index >= 15 is 0 Å². The van der Waals surface area contributed by atoms with E-state index in [1.54, 1.807) is 0 Å². The van der Waals surface area contributed by atoms with Crippen LogP contribution in [0.2, 0.25) is 0 Å². The molecule has 1 amide bonds. The van der Waals surface area contributed by atoms with E-state index in [9.17, 15) is 4.79 Å². The molecule has 4 nitrogen and oxygen atoms in total. The molecule has 1 aromatic carbocycles. The number of carbonyl (C=O) groups excluding carboxylic acids is 1. The first-order valence-corrected chi connectivity index (χ1v) is 7.49. The number of benzene rings is 1. The van der Waals surface area contributed by atoms with Crippen LogP contribution in [0.5, 0.6) is 11.5 Å². The molecular formula is C14H20BrNO3. The quantitative estimate of drug-likeness (QED) is 0.782. The molecule has 0 radical (unpaired) electrons. The molecular weight excluding hydrogens is 310 g/mol. The van der Waals surface area contributed by atoms with Crippen LogP contribution in [0.15, 0.2) is 18.2 Å². The molecule has 0 saturated heterocycles. The third-order valence-corrected chi connectivity index (χ3v) is 3.08. The average molecular weight is 330 g/mol. The summed E-state index contributed by atoms with van der Waals surface area (Å²) in [4.78, 5) is 11.4. The van der Waals surface area contributed by atoms with Crippen molar-refractivity contribution in [2.75, 3.05) is 18.5 Å². The van der Waals surface area contributed by atoms with E-state index in [2.05, 4.69) is 21.2 Å². The van der Waals surface area contributed by atoms with Crippen molar-refractivity contribution in [1.29, 1.82) is 0 Å². The Morgan fingerprint density at radius 3 is 2.47 bits per heavy atom. The number of hydrogen-bond donors (Lipinski definition) is 1. The highest BCUT2D eigenvalue weighted by molar-refractivity contribution is 9.09. The summed E-state index contributed by atoms with van der Waals surface area (Å²) < 4.78 is 11.1. The average Bonchev–Trinajstić information content (AvgIpc) is 2.41. The van der Waals surface area contributed by atoms with Gasteiger partial charge in [0, 0.05) is 0 Å². The van der Waals surface area contributed by atoms with E-state index in [0.717, 1.165) is 11.3 Å². The minimum absolute atomic E-state index is 0.0423. The number of ether oxygens (including phenoxy) is 2. The number of rotatable bonds is 7. The largest absolute Gasteiger partial charge is 0.490 e. The molecule has 1 unspecified atom stereocenters. The standard InChI is InChI=1S/C14H20BrNO3/c1-4-18-12-7-6-11(8-13(12)19-5-2)10(3)16-14(17)9-15/h6-8,10H,4-5,9H2,1-3H3,(H,16,17). The highest BCUT2D eigenvalue weighted by Gasteiger charge is 2.12. The minimum Gasteiger partial charge on any atom is -0.490 e. The van der Waals surface area contributed by atoms with Gasteiger partial charge >= 0.3 is 0 Å². The third kappa shape index (κ3) is 4.74. The highest BCUT2D eigenvalue weighted by Crippen LogP contribution is 2.30. The number of carbonyl (C=O) groups is 1. The van der Waals surface area contributed by atoms with Gasteiger partial charge in [0.15, 0.2) is 11.5 Å². The summed E-state index contributed by atoms with van der Waals surface area (Å²) in [6, 6.07) is 5.65. The number of nitrogens with one attached hydrogen (secondary N) is 1. The molecule has 1 N–H and O–H groups in total. The Labute approximate surface area is 122 Å². The monoisotopic (exact) mass is 329 g/mol. The van der Waals surface area contributed by atoms with Gasteiger partial charge in [-0.25, -0.2) is 0 Å². The van der Waals surface area contributed by atoms with Crippen molar-refractivity contribution in [3.05, 3.63) is 23.8 Å². The van der Waals surface area contributed by atoms with Gasteiger partial charge in [-0.2, -0.15) is 0 Å². The van der Waals surface area contributed by atoms with Gasteiger partial charge in [0.2, 0.25) is 5.91 Å². The fraction of sp³-hybridized carbons (Fsp3) is 0.500. The van der Waals surface area contributed by atoms with E-state index in [1.807, 2.05) is 39.0 Å². The van der Waals surface area contributed by atoms with Crippen LogP contribution in [0.25, 0.3) is 0 Å². The number of amides is 1. The summed E-state index contributed by atoms with van der Waals surface area (Å²) in [5.74, 6) is 1.40. The van der Waals surface area contributed by atoms with E-state index in [-0.39, 0.29) is 11.9 Å². The van der Waals surface area contributed by atoms with Crippen molar-refractivity contribution in [3.63, 3.8) is 0 Å². The van der Waals surface area contributed by atoms with Crippen LogP contribution in [0.1, 0.15) is 32.4 Å². The van der Waals surface area contributed by atoms with Crippen LogP contribution in [-0.4, -0.2) is 24.5 Å². The Morgan fingerprint density at radius 1 is 1.26 bits per heavy atom. The van der Waals surface area contributed by atoms with Crippen molar-refractivity contribution in [3.8, 4) is 11.5 Å². The van der Waals surface area contributed by atoms with Crippen molar-refractivity contribution >= 4 is 21.8 Å². The van der Waals surface area contributed by atoms with Gasteiger partial charge in [0.1, 0.15) is 0 Å². The van der Waals surface area contributed by atoms with Gasteiger partial charge < -0.3 is 14.8 Å². The Hall–Kier alpha value is -1.23. The maximum Gasteiger partial charge on any atom is 0.231 e. The van der Waals surface area contributed by atoms with Gasteiger partial charge in [0.05, 0.1) is 24.6 Å². The molecule has 1 rings (SSSR count). The van der Waals surface area contributed by atoms with Gasteiger partial charge in [-0.15, -0.1) is 0 Å². The molecule has 0 aliphatic heterocycles. The molecule has 5 heteroatoms. The van der Waals surface area contributed by atoms with Crippen molar-refractivity contribution < 1.29 is 14.3 Å². The van der Waals surface area contributed by atoms with Gasteiger partial charge in [-0.1, -0.05) is 22.0 Å². The Bertz CT molecular complexity index is 423. The second-order valence-corrected chi connectivity index (χ2v) is 4.56. The maximum absolute atomic E-state index is 11.4. The number of halogens is 1. The van der Waals surface area contributed by atoms with Gasteiger partial charge in [0.25, 0.3) is 0 Å². The summed E-state index contributed by atoms with van der Waals surface area (Å²) in [6.07, 6.45) is 0. The molecule has 0 fully saturated rings. The molecule has 1 aromatic rings. The predicted molar refractivity (Wildman–Crippen MR) is 79.1 cm³/mol. The first kappa shape index (κ1) is 15.8. The van der Waals surface area contributed by atoms with E-state index in [4.69, 9.17) is 9.47 Å². The van der Waals surface area contributed by atoms with Crippen LogP contribution >= 0.6 is 15.9 Å². The summed E-state index contributed by atoms with van der Waals surface area (Å²) in [5, 5.41) is 3.18. The Kier molecular flexibility index (Phi) is 6.70. The van der Waals surface area contributed by atoms with E-state index in [0.29, 0.717) is 24.3 Å². The lowest BCUT2D eigenvalue weighted by molar-refractivity contribution is -0.119. The second-order valence-electron chi connectivity index (χ2n) is 4.00. The van der Waals surface area contributed by atoms with Crippen LogP contribution in [0.4, 0.5) is 0 Å². The molecule has 0 saturated carbocycles. The Balaban J connectivity index is 2.90. The minimum atomic E-state index is -0.0695. The third-order valence-electron chi connectivity index (χ3n) is 2.57. The molecule has 106 valence electrons. The summed E-state index contributed by atoms with van der Waals surface area (Å²) in [5.41, 5.74) is 0.987. The topological polar surface area (TPSA) is 47.6 Å². The molecule has 0 aliphatic carbocycles. The fourth-order valence-corrected chi connectivity index (χ4v) is 1.86. The molecule has 1 atom stereocenters. The molecule has 0 aliphatic rings. The molecule has 0 heterocycles. The number of alkyl halides is 1. The lowest BCUT2D eigenvalue weighted by atomic mass is 10.1. The molecule has 0 aromatic heterocycles. The summed E-state index contributed by atoms with van der Waals surface area (Å²) >= 11 is 3.13. The fourth-order valence-electron chi connectivity index (χ4n) is 1.70. The zero-order valence-electron chi connectivity index (χ0n) is 11.5. The first-order valence-electron chi connectivity index (χ1n) is 6.37. The lowest BCUT2D eigenvalue weighted by Crippen LogP contribution is -2.27. The summed E-state index contributed by atoms with van der Waals surface area (Å²) in [7, 11) is 0. The maximum atomic E-state index is 11.4. The van der Waals surface area contributed by atoms with Gasteiger partial charge in [-0.05, 0) is 38.5 Å². The SMILES string of the molecule is CCOc1ccc(C(C)NC(=O)CBr)cc1OCC. The van der Waals surface area contributed by atoms with Gasteiger partial charge in [-0.3, -0.25) is 4.79 Å². The lowest BCUT2D eigenvalue weighted by Gasteiger charge is -2.17. The van der Waals surface area contributed by atoms with Crippen LogP contribution in [0.3, 0.4) is 0 Å². The normalized spacial score (nSPS) is 11.8. The van der Waals surface area contributed by atoms with Crippen molar-refractivity contribution in [1.82, 2.24) is 5.32 Å². The molecule has 0 spiro atoms. The van der Waals surface area contributed by atoms with E-state index < -0.39 is 0 Å². The van der Waals surface area contributed by atoms with Crippen molar-refractivity contribution in [2.45, 2.75) is 26.8 Å². The summed E-state index contributed by atoms with van der Waals surface area (Å²) in [6.45, 7) is 6.97. The van der Waals surface area contributed by atoms with Crippen molar-refractivity contribution in [2.24, 2.45) is 0 Å². The first-order chi connectivity index (χ1) is 9.12. The van der Waals surface area contributed by atoms with E-state index in [1.165, 1.54) is 0 Å². The Morgan fingerprint density at radius 2 is 1.89 bits per heavy atom. The van der Waals surface area contributed by atoms with Crippen LogP contribution in [-0.2, 0) is 4.79 Å². The predicted octanol–water partition coefficient (Wildman–Crippen LogP) is 3.06. The zero-order valence-corrected chi connectivity index (χ0v) is 13.1. The number of hydrogen-bond acceptors (Lipinski definition) is 3. The van der Waals surface area contributed by atoms with Crippen LogP contribution in [0, 0.1) is 0 Å².